The molecule has 0 fully saturated rings. The predicted octanol–water partition coefficient (Wildman–Crippen LogP) is 1.02. The highest BCUT2D eigenvalue weighted by Gasteiger charge is 2.34. The highest BCUT2D eigenvalue weighted by molar-refractivity contribution is 8.01. The van der Waals surface area contributed by atoms with E-state index in [-0.39, 0.29) is 11.2 Å². The van der Waals surface area contributed by atoms with Crippen molar-refractivity contribution in [1.29, 1.82) is 5.26 Å². The van der Waals surface area contributed by atoms with E-state index in [1.54, 1.807) is 13.0 Å². The number of hydrogen-bond acceptors (Lipinski definition) is 5. The summed E-state index contributed by atoms with van der Waals surface area (Å²) in [5, 5.41) is 8.34. The van der Waals surface area contributed by atoms with E-state index in [1.807, 2.05) is 12.1 Å². The smallest absolute Gasteiger partial charge is 0.326 e. The topological polar surface area (TPSA) is 87.2 Å². The molecule has 2 amide bonds. The Hall–Kier alpha value is -1.84. The third kappa shape index (κ3) is 1.98. The predicted molar refractivity (Wildman–Crippen MR) is 67.8 cm³/mol. The van der Waals surface area contributed by atoms with Crippen LogP contribution in [-0.4, -0.2) is 17.1 Å². The van der Waals surface area contributed by atoms with Gasteiger partial charge in [0.15, 0.2) is 6.07 Å². The molecule has 1 aliphatic rings. The van der Waals surface area contributed by atoms with Gasteiger partial charge in [0.1, 0.15) is 0 Å². The molecule has 0 aromatic heterocycles. The molecule has 92 valence electrons. The molecular weight excluding hydrogens is 250 g/mol. The molecule has 1 atom stereocenters. The maximum atomic E-state index is 12.0. The molecule has 6 heteroatoms. The quantitative estimate of drug-likeness (QED) is 0.763. The molecule has 1 heterocycles. The third-order valence-electron chi connectivity index (χ3n) is 2.67. The minimum absolute atomic E-state index is 0.316. The molecular formula is C12H11N3O2S. The average molecular weight is 261 g/mol. The summed E-state index contributed by atoms with van der Waals surface area (Å²) in [4.78, 5) is 25.3. The fraction of sp³-hybridized carbons (Fsp3) is 0.250. The molecule has 5 nitrogen and oxygen atoms in total. The van der Waals surface area contributed by atoms with Gasteiger partial charge in [-0.25, -0.2) is 4.90 Å². The van der Waals surface area contributed by atoms with Gasteiger partial charge in [0.2, 0.25) is 5.91 Å². The van der Waals surface area contributed by atoms with Gasteiger partial charge in [-0.3, -0.25) is 9.59 Å². The van der Waals surface area contributed by atoms with Crippen LogP contribution < -0.4 is 10.6 Å². The molecule has 0 spiro atoms. The van der Waals surface area contributed by atoms with Crippen molar-refractivity contribution >= 4 is 29.3 Å². The van der Waals surface area contributed by atoms with E-state index < -0.39 is 5.91 Å². The van der Waals surface area contributed by atoms with Crippen LogP contribution in [0.15, 0.2) is 23.1 Å². The molecule has 1 aromatic rings. The summed E-state index contributed by atoms with van der Waals surface area (Å²) in [5.41, 5.74) is 6.81. The van der Waals surface area contributed by atoms with Crippen LogP contribution in [0.5, 0.6) is 0 Å². The molecule has 0 aliphatic carbocycles. The lowest BCUT2D eigenvalue weighted by molar-refractivity contribution is -0.123. The first kappa shape index (κ1) is 12.6. The van der Waals surface area contributed by atoms with E-state index >= 15 is 0 Å². The summed E-state index contributed by atoms with van der Waals surface area (Å²) < 4.78 is 0. The van der Waals surface area contributed by atoms with Gasteiger partial charge in [0, 0.05) is 11.4 Å². The normalized spacial score (nSPS) is 18.2. The minimum Gasteiger partial charge on any atom is -0.326 e. The van der Waals surface area contributed by atoms with E-state index in [0.29, 0.717) is 12.2 Å². The molecule has 18 heavy (non-hydrogen) atoms. The summed E-state index contributed by atoms with van der Waals surface area (Å²) >= 11 is 1.38. The highest BCUT2D eigenvalue weighted by Crippen LogP contribution is 2.39. The van der Waals surface area contributed by atoms with Gasteiger partial charge in [0.05, 0.1) is 10.9 Å². The average Bonchev–Trinajstić information content (AvgIpc) is 2.39. The number of carbonyl (C=O) groups is 2. The molecule has 0 saturated carbocycles. The fourth-order valence-electron chi connectivity index (χ4n) is 1.77. The van der Waals surface area contributed by atoms with Crippen LogP contribution >= 0.6 is 11.8 Å². The standard InChI is InChI=1S/C12H11N3O2S/c1-7-12(17)15(11(16)6-14)9-4-8(5-13)2-3-10(9)18-7/h2-4,7H,5,13H2,1H3. The summed E-state index contributed by atoms with van der Waals surface area (Å²) in [7, 11) is 0. The maximum absolute atomic E-state index is 12.0. The first-order valence-corrected chi connectivity index (χ1v) is 6.24. The monoisotopic (exact) mass is 261 g/mol. The SMILES string of the molecule is CC1Sc2ccc(CN)cc2N(C(=O)C#N)C1=O. The second-order valence-corrected chi connectivity index (χ2v) is 5.24. The lowest BCUT2D eigenvalue weighted by Crippen LogP contribution is -2.43. The Balaban J connectivity index is 2.57. The number of benzene rings is 1. The summed E-state index contributed by atoms with van der Waals surface area (Å²) in [5.74, 6) is -1.23. The number of nitrogens with zero attached hydrogens (tertiary/aromatic N) is 2. The van der Waals surface area contributed by atoms with Gasteiger partial charge in [0.25, 0.3) is 0 Å². The Morgan fingerprint density at radius 3 is 2.94 bits per heavy atom. The number of carbonyl (C=O) groups excluding carboxylic acids is 2. The number of nitrogens with two attached hydrogens (primary N) is 1. The van der Waals surface area contributed by atoms with E-state index in [9.17, 15) is 9.59 Å². The van der Waals surface area contributed by atoms with Crippen molar-refractivity contribution in [2.45, 2.75) is 23.6 Å². The number of nitriles is 1. The maximum Gasteiger partial charge on any atom is 0.336 e. The van der Waals surface area contributed by atoms with Crippen molar-refractivity contribution in [3.05, 3.63) is 23.8 Å². The summed E-state index contributed by atoms with van der Waals surface area (Å²) in [6, 6.07) is 6.84. The first-order valence-electron chi connectivity index (χ1n) is 5.36. The largest absolute Gasteiger partial charge is 0.336 e. The molecule has 1 aromatic carbocycles. The molecule has 1 aliphatic heterocycles. The van der Waals surface area contributed by atoms with Crippen molar-refractivity contribution in [2.24, 2.45) is 5.73 Å². The van der Waals surface area contributed by atoms with E-state index in [1.165, 1.54) is 17.8 Å². The first-order chi connectivity index (χ1) is 8.58. The van der Waals surface area contributed by atoms with Crippen LogP contribution in [-0.2, 0) is 16.1 Å². The number of imide groups is 1. The van der Waals surface area contributed by atoms with Crippen molar-refractivity contribution in [1.82, 2.24) is 0 Å². The second-order valence-electron chi connectivity index (χ2n) is 3.86. The van der Waals surface area contributed by atoms with Crippen molar-refractivity contribution < 1.29 is 9.59 Å². The summed E-state index contributed by atoms with van der Waals surface area (Å²) in [6.07, 6.45) is 0. The molecule has 1 unspecified atom stereocenters. The van der Waals surface area contributed by atoms with Crippen LogP contribution in [0, 0.1) is 11.3 Å². The lowest BCUT2D eigenvalue weighted by atomic mass is 10.1. The van der Waals surface area contributed by atoms with Crippen molar-refractivity contribution in [3.63, 3.8) is 0 Å². The van der Waals surface area contributed by atoms with Crippen LogP contribution in [0.1, 0.15) is 12.5 Å². The van der Waals surface area contributed by atoms with Crippen LogP contribution in [0.4, 0.5) is 5.69 Å². The number of amides is 2. The van der Waals surface area contributed by atoms with Gasteiger partial charge in [-0.05, 0) is 24.6 Å². The van der Waals surface area contributed by atoms with Gasteiger partial charge in [-0.15, -0.1) is 11.8 Å². The van der Waals surface area contributed by atoms with Gasteiger partial charge < -0.3 is 5.73 Å². The van der Waals surface area contributed by atoms with Crippen molar-refractivity contribution in [3.8, 4) is 6.07 Å². The number of hydrogen-bond donors (Lipinski definition) is 1. The molecule has 2 N–H and O–H groups in total. The molecule has 0 bridgehead atoms. The number of fused-ring (bicyclic) bond motifs is 1. The van der Waals surface area contributed by atoms with Gasteiger partial charge in [-0.1, -0.05) is 6.07 Å². The Morgan fingerprint density at radius 1 is 1.61 bits per heavy atom. The Morgan fingerprint density at radius 2 is 2.33 bits per heavy atom. The number of thioether (sulfide) groups is 1. The van der Waals surface area contributed by atoms with Crippen LogP contribution in [0.25, 0.3) is 0 Å². The zero-order chi connectivity index (χ0) is 13.3. The zero-order valence-electron chi connectivity index (χ0n) is 9.71. The molecule has 0 radical (unpaired) electrons. The third-order valence-corrected chi connectivity index (χ3v) is 3.82. The highest BCUT2D eigenvalue weighted by atomic mass is 32.2. The molecule has 2 rings (SSSR count). The second kappa shape index (κ2) is 4.80. The Labute approximate surface area is 109 Å². The van der Waals surface area contributed by atoms with E-state index in [0.717, 1.165) is 15.4 Å². The van der Waals surface area contributed by atoms with Crippen molar-refractivity contribution in [2.75, 3.05) is 4.90 Å². The van der Waals surface area contributed by atoms with Gasteiger partial charge in [-0.2, -0.15) is 5.26 Å². The fourth-order valence-corrected chi connectivity index (χ4v) is 2.77. The Bertz CT molecular complexity index is 565. The minimum atomic E-state index is -0.859. The molecule has 0 saturated heterocycles. The van der Waals surface area contributed by atoms with Gasteiger partial charge >= 0.3 is 5.91 Å². The zero-order valence-corrected chi connectivity index (χ0v) is 10.5. The number of rotatable bonds is 1. The van der Waals surface area contributed by atoms with E-state index in [4.69, 9.17) is 11.0 Å². The van der Waals surface area contributed by atoms with Crippen LogP contribution in [0.2, 0.25) is 0 Å². The lowest BCUT2D eigenvalue weighted by Gasteiger charge is -2.29. The van der Waals surface area contributed by atoms with Crippen LogP contribution in [0.3, 0.4) is 0 Å². The summed E-state index contributed by atoms with van der Waals surface area (Å²) in [6.45, 7) is 2.03. The Kier molecular flexibility index (Phi) is 3.36. The van der Waals surface area contributed by atoms with E-state index in [2.05, 4.69) is 0 Å². The number of anilines is 1.